The maximum absolute atomic E-state index is 12.9. The van der Waals surface area contributed by atoms with Gasteiger partial charge in [0.05, 0.1) is 19.1 Å². The second kappa shape index (κ2) is 7.79. The summed E-state index contributed by atoms with van der Waals surface area (Å²) in [6.07, 6.45) is 1.47. The van der Waals surface area contributed by atoms with E-state index in [9.17, 15) is 9.59 Å². The van der Waals surface area contributed by atoms with Crippen molar-refractivity contribution in [1.29, 1.82) is 0 Å². The molecule has 4 aromatic rings. The van der Waals surface area contributed by atoms with Crippen molar-refractivity contribution in [3.63, 3.8) is 0 Å². The molecule has 1 aliphatic rings. The third-order valence-corrected chi connectivity index (χ3v) is 5.84. The number of H-pyrrole nitrogens is 1. The fourth-order valence-corrected chi connectivity index (χ4v) is 4.19. The van der Waals surface area contributed by atoms with Gasteiger partial charge in [-0.2, -0.15) is 0 Å². The number of piperazine rings is 1. The standard InChI is InChI=1S/C23H23N5O3/c1-31-19-9-5-4-8-18(19)26-10-12-27(13-11-26)20(29)14-28-15-24-21-16-6-2-3-7-17(16)25-22(21)23(28)30/h2-9,15,25H,10-14H2,1H3. The van der Waals surface area contributed by atoms with Gasteiger partial charge in [-0.15, -0.1) is 0 Å². The number of carbonyl (C=O) groups is 1. The predicted octanol–water partition coefficient (Wildman–Crippen LogP) is 2.24. The van der Waals surface area contributed by atoms with E-state index in [4.69, 9.17) is 4.74 Å². The molecule has 1 aliphatic heterocycles. The van der Waals surface area contributed by atoms with Crippen LogP contribution in [0.5, 0.6) is 5.75 Å². The molecule has 0 radical (unpaired) electrons. The molecule has 3 heterocycles. The van der Waals surface area contributed by atoms with Crippen molar-refractivity contribution in [2.45, 2.75) is 6.54 Å². The van der Waals surface area contributed by atoms with Crippen LogP contribution in [0.4, 0.5) is 5.69 Å². The van der Waals surface area contributed by atoms with Crippen LogP contribution >= 0.6 is 0 Å². The summed E-state index contributed by atoms with van der Waals surface area (Å²) >= 11 is 0. The van der Waals surface area contributed by atoms with Gasteiger partial charge >= 0.3 is 0 Å². The minimum Gasteiger partial charge on any atom is -0.495 e. The van der Waals surface area contributed by atoms with Crippen LogP contribution in [0.3, 0.4) is 0 Å². The Morgan fingerprint density at radius 1 is 1.06 bits per heavy atom. The number of rotatable bonds is 4. The van der Waals surface area contributed by atoms with Gasteiger partial charge in [0.1, 0.15) is 23.3 Å². The average Bonchev–Trinajstić information content (AvgIpc) is 3.20. The number of methoxy groups -OCH3 is 1. The molecule has 0 saturated carbocycles. The number of ether oxygens (including phenoxy) is 1. The Labute approximate surface area is 178 Å². The van der Waals surface area contributed by atoms with Gasteiger partial charge < -0.3 is 19.5 Å². The molecule has 8 nitrogen and oxygen atoms in total. The molecule has 158 valence electrons. The summed E-state index contributed by atoms with van der Waals surface area (Å²) in [5.41, 5.74) is 2.72. The number of para-hydroxylation sites is 3. The highest BCUT2D eigenvalue weighted by atomic mass is 16.5. The maximum Gasteiger partial charge on any atom is 0.278 e. The molecule has 1 saturated heterocycles. The molecular formula is C23H23N5O3. The Kier molecular flexibility index (Phi) is 4.82. The highest BCUT2D eigenvalue weighted by Gasteiger charge is 2.23. The smallest absolute Gasteiger partial charge is 0.278 e. The summed E-state index contributed by atoms with van der Waals surface area (Å²) in [4.78, 5) is 37.4. The number of nitrogens with one attached hydrogen (secondary N) is 1. The Morgan fingerprint density at radius 2 is 1.81 bits per heavy atom. The van der Waals surface area contributed by atoms with Gasteiger partial charge in [-0.3, -0.25) is 14.2 Å². The number of aromatic amines is 1. The van der Waals surface area contributed by atoms with E-state index in [2.05, 4.69) is 14.9 Å². The van der Waals surface area contributed by atoms with E-state index >= 15 is 0 Å². The lowest BCUT2D eigenvalue weighted by atomic mass is 10.2. The van der Waals surface area contributed by atoms with Crippen LogP contribution in [-0.4, -0.2) is 58.6 Å². The van der Waals surface area contributed by atoms with Gasteiger partial charge in [0.15, 0.2) is 0 Å². The number of anilines is 1. The van der Waals surface area contributed by atoms with E-state index in [1.165, 1.54) is 10.9 Å². The van der Waals surface area contributed by atoms with Crippen molar-refractivity contribution in [2.24, 2.45) is 0 Å². The van der Waals surface area contributed by atoms with E-state index in [0.29, 0.717) is 37.2 Å². The molecule has 2 aromatic carbocycles. The lowest BCUT2D eigenvalue weighted by Gasteiger charge is -2.36. The zero-order chi connectivity index (χ0) is 21.4. The fourth-order valence-electron chi connectivity index (χ4n) is 4.19. The zero-order valence-electron chi connectivity index (χ0n) is 17.2. The molecule has 0 aliphatic carbocycles. The highest BCUT2D eigenvalue weighted by Crippen LogP contribution is 2.28. The van der Waals surface area contributed by atoms with Crippen molar-refractivity contribution >= 4 is 33.5 Å². The molecule has 8 heteroatoms. The van der Waals surface area contributed by atoms with Crippen molar-refractivity contribution in [1.82, 2.24) is 19.4 Å². The van der Waals surface area contributed by atoms with Crippen LogP contribution in [0.1, 0.15) is 0 Å². The second-order valence-corrected chi connectivity index (χ2v) is 7.61. The first kappa shape index (κ1) is 19.2. The molecule has 0 unspecified atom stereocenters. The third-order valence-electron chi connectivity index (χ3n) is 5.84. The molecule has 1 N–H and O–H groups in total. The zero-order valence-corrected chi connectivity index (χ0v) is 17.2. The molecule has 1 fully saturated rings. The Morgan fingerprint density at radius 3 is 2.61 bits per heavy atom. The Balaban J connectivity index is 1.31. The summed E-state index contributed by atoms with van der Waals surface area (Å²) in [5, 5.41) is 0.903. The molecule has 0 bridgehead atoms. The SMILES string of the molecule is COc1ccccc1N1CCN(C(=O)Cn2cnc3c([nH]c4ccccc43)c2=O)CC1. The molecule has 0 atom stereocenters. The number of amides is 1. The van der Waals surface area contributed by atoms with E-state index in [-0.39, 0.29) is 18.0 Å². The minimum absolute atomic E-state index is 0.0220. The van der Waals surface area contributed by atoms with Gasteiger partial charge in [-0.05, 0) is 18.2 Å². The first-order valence-corrected chi connectivity index (χ1v) is 10.3. The number of fused-ring (bicyclic) bond motifs is 3. The van der Waals surface area contributed by atoms with E-state index < -0.39 is 0 Å². The van der Waals surface area contributed by atoms with Crippen molar-refractivity contribution in [2.75, 3.05) is 38.2 Å². The van der Waals surface area contributed by atoms with E-state index in [1.54, 1.807) is 12.0 Å². The number of hydrogen-bond donors (Lipinski definition) is 1. The van der Waals surface area contributed by atoms with Crippen LogP contribution in [0.25, 0.3) is 21.9 Å². The number of benzene rings is 2. The first-order valence-electron chi connectivity index (χ1n) is 10.3. The largest absolute Gasteiger partial charge is 0.495 e. The Bertz CT molecular complexity index is 1320. The highest BCUT2D eigenvalue weighted by molar-refractivity contribution is 6.04. The second-order valence-electron chi connectivity index (χ2n) is 7.61. The van der Waals surface area contributed by atoms with Gasteiger partial charge in [-0.1, -0.05) is 30.3 Å². The van der Waals surface area contributed by atoms with Crippen molar-refractivity contribution < 1.29 is 9.53 Å². The quantitative estimate of drug-likeness (QED) is 0.551. The summed E-state index contributed by atoms with van der Waals surface area (Å²) in [6, 6.07) is 15.5. The van der Waals surface area contributed by atoms with E-state index in [0.717, 1.165) is 22.3 Å². The third kappa shape index (κ3) is 3.39. The summed E-state index contributed by atoms with van der Waals surface area (Å²) in [5.74, 6) is 0.741. The van der Waals surface area contributed by atoms with E-state index in [1.807, 2.05) is 48.5 Å². The molecule has 5 rings (SSSR count). The number of aromatic nitrogens is 3. The van der Waals surface area contributed by atoms with Gasteiger partial charge in [0.2, 0.25) is 5.91 Å². The first-order chi connectivity index (χ1) is 15.2. The minimum atomic E-state index is -0.234. The monoisotopic (exact) mass is 417 g/mol. The summed E-state index contributed by atoms with van der Waals surface area (Å²) < 4.78 is 6.83. The topological polar surface area (TPSA) is 83.5 Å². The van der Waals surface area contributed by atoms with Crippen LogP contribution < -0.4 is 15.2 Å². The fraction of sp³-hybridized carbons (Fsp3) is 0.261. The number of nitrogens with zero attached hydrogens (tertiary/aromatic N) is 4. The summed E-state index contributed by atoms with van der Waals surface area (Å²) in [7, 11) is 1.66. The molecule has 0 spiro atoms. The van der Waals surface area contributed by atoms with Crippen molar-refractivity contribution in [3.8, 4) is 5.75 Å². The van der Waals surface area contributed by atoms with Crippen LogP contribution in [0.15, 0.2) is 59.7 Å². The maximum atomic E-state index is 12.9. The number of hydrogen-bond acceptors (Lipinski definition) is 5. The number of carbonyl (C=O) groups excluding carboxylic acids is 1. The normalized spacial score (nSPS) is 14.4. The van der Waals surface area contributed by atoms with Gasteiger partial charge in [-0.25, -0.2) is 4.98 Å². The predicted molar refractivity (Wildman–Crippen MR) is 120 cm³/mol. The molecule has 2 aromatic heterocycles. The lowest BCUT2D eigenvalue weighted by Crippen LogP contribution is -2.50. The van der Waals surface area contributed by atoms with Crippen LogP contribution in [0.2, 0.25) is 0 Å². The Hall–Kier alpha value is -3.81. The molecule has 1 amide bonds. The van der Waals surface area contributed by atoms with Crippen LogP contribution in [0, 0.1) is 0 Å². The molecular weight excluding hydrogens is 394 g/mol. The summed E-state index contributed by atoms with van der Waals surface area (Å²) in [6.45, 7) is 2.58. The molecule has 31 heavy (non-hydrogen) atoms. The van der Waals surface area contributed by atoms with Gasteiger partial charge in [0.25, 0.3) is 5.56 Å². The van der Waals surface area contributed by atoms with Crippen molar-refractivity contribution in [3.05, 3.63) is 65.2 Å². The average molecular weight is 417 g/mol. The van der Waals surface area contributed by atoms with Gasteiger partial charge in [0, 0.05) is 37.1 Å². The van der Waals surface area contributed by atoms with Crippen LogP contribution in [-0.2, 0) is 11.3 Å². The lowest BCUT2D eigenvalue weighted by molar-refractivity contribution is -0.132.